The van der Waals surface area contributed by atoms with Gasteiger partial charge < -0.3 is 10.6 Å². The smallest absolute Gasteiger partial charge is 0.258 e. The van der Waals surface area contributed by atoms with Gasteiger partial charge in [-0.2, -0.15) is 0 Å². The first-order valence-electron chi connectivity index (χ1n) is 7.23. The Labute approximate surface area is 141 Å². The zero-order chi connectivity index (χ0) is 18.1. The van der Waals surface area contributed by atoms with Gasteiger partial charge in [-0.05, 0) is 36.4 Å². The van der Waals surface area contributed by atoms with Crippen LogP contribution in [0.3, 0.4) is 0 Å². The molecule has 0 fully saturated rings. The predicted octanol–water partition coefficient (Wildman–Crippen LogP) is 1.92. The fraction of sp³-hybridized carbons (Fsp3) is 0.0588. The molecule has 2 aromatic carbocycles. The number of rotatable bonds is 3. The number of fused-ring (bicyclic) bond motifs is 1. The fourth-order valence-electron chi connectivity index (χ4n) is 2.40. The van der Waals surface area contributed by atoms with Gasteiger partial charge in [0.15, 0.2) is 0 Å². The van der Waals surface area contributed by atoms with E-state index in [2.05, 4.69) is 16.0 Å². The molecule has 1 aliphatic heterocycles. The van der Waals surface area contributed by atoms with Crippen LogP contribution < -0.4 is 16.0 Å². The van der Waals surface area contributed by atoms with Crippen LogP contribution in [0.1, 0.15) is 38.0 Å². The van der Waals surface area contributed by atoms with Crippen LogP contribution in [0, 0.1) is 5.82 Å². The molecule has 4 amide bonds. The summed E-state index contributed by atoms with van der Waals surface area (Å²) < 4.78 is 13.6. The number of halogens is 1. The summed E-state index contributed by atoms with van der Waals surface area (Å²) in [6, 6.07) is 7.82. The van der Waals surface area contributed by atoms with Crippen molar-refractivity contribution in [3.05, 3.63) is 58.9 Å². The molecular weight excluding hydrogens is 329 g/mol. The van der Waals surface area contributed by atoms with Crippen LogP contribution in [0.4, 0.5) is 15.8 Å². The van der Waals surface area contributed by atoms with Gasteiger partial charge in [-0.3, -0.25) is 24.5 Å². The van der Waals surface area contributed by atoms with Gasteiger partial charge in [0.05, 0.1) is 16.8 Å². The molecule has 7 nitrogen and oxygen atoms in total. The molecule has 0 bridgehead atoms. The minimum atomic E-state index is -0.638. The lowest BCUT2D eigenvalue weighted by molar-refractivity contribution is -0.114. The number of amides is 4. The van der Waals surface area contributed by atoms with Gasteiger partial charge in [-0.15, -0.1) is 0 Å². The lowest BCUT2D eigenvalue weighted by Crippen LogP contribution is -2.19. The number of benzene rings is 2. The molecule has 0 saturated carbocycles. The molecule has 2 aromatic rings. The first-order valence-corrected chi connectivity index (χ1v) is 7.23. The van der Waals surface area contributed by atoms with Crippen LogP contribution in [-0.2, 0) is 4.79 Å². The van der Waals surface area contributed by atoms with E-state index in [-0.39, 0.29) is 28.1 Å². The average molecular weight is 341 g/mol. The maximum absolute atomic E-state index is 13.6. The van der Waals surface area contributed by atoms with E-state index >= 15 is 0 Å². The molecule has 0 aromatic heterocycles. The Hall–Kier alpha value is -3.55. The normalized spacial score (nSPS) is 12.4. The summed E-state index contributed by atoms with van der Waals surface area (Å²) in [6.07, 6.45) is 0. The molecule has 3 N–H and O–H groups in total. The summed E-state index contributed by atoms with van der Waals surface area (Å²) in [7, 11) is 0. The third-order valence-electron chi connectivity index (χ3n) is 3.53. The third kappa shape index (κ3) is 3.23. The van der Waals surface area contributed by atoms with E-state index in [1.807, 2.05) is 0 Å². The predicted molar refractivity (Wildman–Crippen MR) is 86.9 cm³/mol. The second kappa shape index (κ2) is 6.16. The average Bonchev–Trinajstić information content (AvgIpc) is 2.84. The first kappa shape index (κ1) is 16.3. The Kier molecular flexibility index (Phi) is 4.02. The van der Waals surface area contributed by atoms with E-state index in [0.717, 1.165) is 6.07 Å². The van der Waals surface area contributed by atoms with E-state index in [4.69, 9.17) is 0 Å². The van der Waals surface area contributed by atoms with E-state index in [0.29, 0.717) is 0 Å². The third-order valence-corrected chi connectivity index (χ3v) is 3.53. The van der Waals surface area contributed by atoms with Crippen LogP contribution in [0.2, 0.25) is 0 Å². The topological polar surface area (TPSA) is 104 Å². The highest BCUT2D eigenvalue weighted by atomic mass is 19.1. The van der Waals surface area contributed by atoms with Gasteiger partial charge in [0.1, 0.15) is 5.82 Å². The van der Waals surface area contributed by atoms with Crippen molar-refractivity contribution in [1.29, 1.82) is 0 Å². The summed E-state index contributed by atoms with van der Waals surface area (Å²) >= 11 is 0. The number of carbonyl (C=O) groups excluding carboxylic acids is 4. The van der Waals surface area contributed by atoms with Gasteiger partial charge in [-0.1, -0.05) is 0 Å². The summed E-state index contributed by atoms with van der Waals surface area (Å²) in [4.78, 5) is 46.5. The molecule has 3 rings (SSSR count). The van der Waals surface area contributed by atoms with Crippen LogP contribution in [-0.4, -0.2) is 23.6 Å². The Balaban J connectivity index is 1.84. The van der Waals surface area contributed by atoms with Crippen LogP contribution >= 0.6 is 0 Å². The number of hydrogen-bond acceptors (Lipinski definition) is 4. The van der Waals surface area contributed by atoms with Crippen molar-refractivity contribution in [1.82, 2.24) is 5.32 Å². The first-order chi connectivity index (χ1) is 11.8. The van der Waals surface area contributed by atoms with Gasteiger partial charge in [0.2, 0.25) is 5.91 Å². The highest BCUT2D eigenvalue weighted by molar-refractivity contribution is 6.22. The second-order valence-corrected chi connectivity index (χ2v) is 5.37. The Morgan fingerprint density at radius 3 is 2.40 bits per heavy atom. The zero-order valence-corrected chi connectivity index (χ0v) is 13.0. The molecule has 0 aliphatic carbocycles. The molecule has 1 heterocycles. The monoisotopic (exact) mass is 341 g/mol. The van der Waals surface area contributed by atoms with Crippen LogP contribution in [0.25, 0.3) is 0 Å². The quantitative estimate of drug-likeness (QED) is 0.742. The van der Waals surface area contributed by atoms with Crippen LogP contribution in [0.15, 0.2) is 36.4 Å². The van der Waals surface area contributed by atoms with Gasteiger partial charge >= 0.3 is 0 Å². The molecule has 126 valence electrons. The number of nitrogens with one attached hydrogen (secondary N) is 3. The molecule has 0 spiro atoms. The van der Waals surface area contributed by atoms with Crippen molar-refractivity contribution in [2.75, 3.05) is 10.6 Å². The molecule has 8 heteroatoms. The minimum absolute atomic E-state index is 0.0655. The highest BCUT2D eigenvalue weighted by Gasteiger charge is 2.27. The molecule has 0 saturated heterocycles. The summed E-state index contributed by atoms with van der Waals surface area (Å²) in [5.41, 5.74) is 0.682. The SMILES string of the molecule is CC(=O)Nc1cc(NC(=O)c2ccc3c(c2)C(=O)NC3=O)ccc1F. The molecule has 0 unspecified atom stereocenters. The number of hydrogen-bond donors (Lipinski definition) is 3. The van der Waals surface area contributed by atoms with Gasteiger partial charge in [0, 0.05) is 18.2 Å². The fourth-order valence-corrected chi connectivity index (χ4v) is 2.40. The van der Waals surface area contributed by atoms with E-state index in [9.17, 15) is 23.6 Å². The second-order valence-electron chi connectivity index (χ2n) is 5.37. The van der Waals surface area contributed by atoms with Crippen molar-refractivity contribution in [2.45, 2.75) is 6.92 Å². The molecule has 25 heavy (non-hydrogen) atoms. The molecular formula is C17H12FN3O4. The van der Waals surface area contributed by atoms with Gasteiger partial charge in [-0.25, -0.2) is 4.39 Å². The van der Waals surface area contributed by atoms with Crippen molar-refractivity contribution in [3.63, 3.8) is 0 Å². The van der Waals surface area contributed by atoms with Crippen molar-refractivity contribution in [2.24, 2.45) is 0 Å². The Morgan fingerprint density at radius 2 is 1.68 bits per heavy atom. The Bertz CT molecular complexity index is 939. The lowest BCUT2D eigenvalue weighted by Gasteiger charge is -2.09. The van der Waals surface area contributed by atoms with Crippen molar-refractivity contribution >= 4 is 35.0 Å². The minimum Gasteiger partial charge on any atom is -0.324 e. The Morgan fingerprint density at radius 1 is 0.960 bits per heavy atom. The lowest BCUT2D eigenvalue weighted by atomic mass is 10.1. The zero-order valence-electron chi connectivity index (χ0n) is 13.0. The number of carbonyl (C=O) groups is 4. The summed E-state index contributed by atoms with van der Waals surface area (Å²) in [5.74, 6) is -2.71. The van der Waals surface area contributed by atoms with Gasteiger partial charge in [0.25, 0.3) is 17.7 Å². The van der Waals surface area contributed by atoms with Crippen molar-refractivity contribution < 1.29 is 23.6 Å². The number of anilines is 2. The van der Waals surface area contributed by atoms with E-state index < -0.39 is 29.4 Å². The van der Waals surface area contributed by atoms with Crippen LogP contribution in [0.5, 0.6) is 0 Å². The molecule has 0 atom stereocenters. The largest absolute Gasteiger partial charge is 0.324 e. The summed E-state index contributed by atoms with van der Waals surface area (Å²) in [6.45, 7) is 1.24. The van der Waals surface area contributed by atoms with Crippen molar-refractivity contribution in [3.8, 4) is 0 Å². The summed E-state index contributed by atoms with van der Waals surface area (Å²) in [5, 5.41) is 7.00. The highest BCUT2D eigenvalue weighted by Crippen LogP contribution is 2.22. The number of imide groups is 1. The molecule has 0 radical (unpaired) electrons. The standard InChI is InChI=1S/C17H12FN3O4/c1-8(22)19-14-7-10(3-5-13(14)18)20-15(23)9-2-4-11-12(6-9)17(25)21-16(11)24/h2-7H,1H3,(H,19,22)(H,20,23)(H,21,24,25). The maximum Gasteiger partial charge on any atom is 0.258 e. The molecule has 1 aliphatic rings. The maximum atomic E-state index is 13.6. The van der Waals surface area contributed by atoms with E-state index in [1.54, 1.807) is 0 Å². The van der Waals surface area contributed by atoms with E-state index in [1.165, 1.54) is 37.3 Å².